The van der Waals surface area contributed by atoms with E-state index in [-0.39, 0.29) is 5.25 Å². The smallest absolute Gasteiger partial charge is 0.219 e. The van der Waals surface area contributed by atoms with Gasteiger partial charge in [0.05, 0.1) is 11.9 Å². The Balaban J connectivity index is 2.55. The van der Waals surface area contributed by atoms with Gasteiger partial charge in [-0.3, -0.25) is 0 Å². The third kappa shape index (κ3) is 3.41. The molecule has 1 rings (SSSR count). The van der Waals surface area contributed by atoms with E-state index in [0.717, 1.165) is 6.42 Å². The van der Waals surface area contributed by atoms with Crippen LogP contribution in [0.25, 0.3) is 0 Å². The first-order chi connectivity index (χ1) is 7.09. The Labute approximate surface area is 91.8 Å². The average Bonchev–Trinajstić information content (AvgIpc) is 2.27. The molecule has 5 nitrogen and oxygen atoms in total. The summed E-state index contributed by atoms with van der Waals surface area (Å²) in [5.74, 6) is 0. The highest BCUT2D eigenvalue weighted by atomic mass is 32.2. The molecule has 1 heterocycles. The lowest BCUT2D eigenvalue weighted by Crippen LogP contribution is -2.42. The number of rotatable bonds is 5. The Hall–Kier alpha value is -0.170. The Morgan fingerprint density at radius 1 is 1.53 bits per heavy atom. The summed E-state index contributed by atoms with van der Waals surface area (Å²) in [5, 5.41) is 2.58. The summed E-state index contributed by atoms with van der Waals surface area (Å²) in [5.41, 5.74) is 0. The quantitative estimate of drug-likeness (QED) is 0.708. The van der Waals surface area contributed by atoms with Gasteiger partial charge < -0.3 is 10.1 Å². The molecule has 0 aliphatic carbocycles. The minimum absolute atomic E-state index is 0.340. The fourth-order valence-electron chi connectivity index (χ4n) is 1.60. The fourth-order valence-corrected chi connectivity index (χ4v) is 3.18. The van der Waals surface area contributed by atoms with E-state index in [4.69, 9.17) is 4.74 Å². The molecule has 1 atom stereocenters. The molecule has 0 saturated carbocycles. The molecule has 0 amide bonds. The van der Waals surface area contributed by atoms with Crippen LogP contribution >= 0.6 is 0 Å². The molecule has 1 fully saturated rings. The van der Waals surface area contributed by atoms with Gasteiger partial charge in [-0.25, -0.2) is 12.7 Å². The van der Waals surface area contributed by atoms with E-state index in [1.54, 1.807) is 7.05 Å². The second-order valence-electron chi connectivity index (χ2n) is 3.81. The van der Waals surface area contributed by atoms with Crippen LogP contribution in [-0.4, -0.2) is 58.4 Å². The van der Waals surface area contributed by atoms with Crippen molar-refractivity contribution < 1.29 is 13.2 Å². The van der Waals surface area contributed by atoms with Gasteiger partial charge in [-0.15, -0.1) is 0 Å². The van der Waals surface area contributed by atoms with Crippen LogP contribution < -0.4 is 5.32 Å². The molecule has 0 radical (unpaired) electrons. The van der Waals surface area contributed by atoms with Crippen molar-refractivity contribution in [2.45, 2.75) is 18.1 Å². The first-order valence-electron chi connectivity index (χ1n) is 5.26. The van der Waals surface area contributed by atoms with E-state index in [1.807, 2.05) is 7.05 Å². The van der Waals surface area contributed by atoms with E-state index in [0.29, 0.717) is 32.7 Å². The first kappa shape index (κ1) is 12.9. The van der Waals surface area contributed by atoms with Crippen LogP contribution in [0.3, 0.4) is 0 Å². The topological polar surface area (TPSA) is 58.6 Å². The number of hydrogen-bond donors (Lipinski definition) is 1. The third-order valence-corrected chi connectivity index (χ3v) is 4.92. The molecule has 1 N–H and O–H groups in total. The van der Waals surface area contributed by atoms with Gasteiger partial charge >= 0.3 is 0 Å². The molecule has 15 heavy (non-hydrogen) atoms. The fraction of sp³-hybridized carbons (Fsp3) is 1.00. The Morgan fingerprint density at radius 2 is 2.27 bits per heavy atom. The Kier molecular flexibility index (Phi) is 4.98. The van der Waals surface area contributed by atoms with E-state index in [9.17, 15) is 8.42 Å². The molecular formula is C9H20N2O3S. The van der Waals surface area contributed by atoms with Crippen LogP contribution in [0.1, 0.15) is 12.8 Å². The molecule has 90 valence electrons. The largest absolute Gasteiger partial charge is 0.380 e. The van der Waals surface area contributed by atoms with Gasteiger partial charge in [-0.2, -0.15) is 0 Å². The molecule has 1 aliphatic heterocycles. The summed E-state index contributed by atoms with van der Waals surface area (Å²) in [4.78, 5) is 0. The highest BCUT2D eigenvalue weighted by molar-refractivity contribution is 7.89. The van der Waals surface area contributed by atoms with E-state index < -0.39 is 10.0 Å². The number of nitrogens with zero attached hydrogens (tertiary/aromatic N) is 1. The number of ether oxygens (including phenoxy) is 1. The summed E-state index contributed by atoms with van der Waals surface area (Å²) in [7, 11) is 0.270. The zero-order valence-corrected chi connectivity index (χ0v) is 10.2. The molecule has 0 aromatic rings. The lowest BCUT2D eigenvalue weighted by Gasteiger charge is -2.27. The van der Waals surface area contributed by atoms with Crippen molar-refractivity contribution in [3.63, 3.8) is 0 Å². The molecule has 6 heteroatoms. The van der Waals surface area contributed by atoms with Gasteiger partial charge in [-0.1, -0.05) is 0 Å². The van der Waals surface area contributed by atoms with Crippen LogP contribution in [0.2, 0.25) is 0 Å². The van der Waals surface area contributed by atoms with Gasteiger partial charge in [0.2, 0.25) is 10.0 Å². The number of likely N-dealkylation sites (N-methyl/N-ethyl adjacent to an activating group) is 2. The van der Waals surface area contributed by atoms with Crippen LogP contribution in [0, 0.1) is 0 Å². The van der Waals surface area contributed by atoms with Crippen LogP contribution in [-0.2, 0) is 14.8 Å². The molecule has 1 saturated heterocycles. The average molecular weight is 236 g/mol. The third-order valence-electron chi connectivity index (χ3n) is 2.65. The summed E-state index contributed by atoms with van der Waals surface area (Å²) in [6.07, 6.45) is 1.55. The minimum Gasteiger partial charge on any atom is -0.380 e. The van der Waals surface area contributed by atoms with Gasteiger partial charge in [0, 0.05) is 26.7 Å². The van der Waals surface area contributed by atoms with Crippen molar-refractivity contribution >= 4 is 10.0 Å². The summed E-state index contributed by atoms with van der Waals surface area (Å²) in [6, 6.07) is 0. The SMILES string of the molecule is CNCCN(C)S(=O)(=O)C1CCCOC1. The Bertz CT molecular complexity index is 273. The minimum atomic E-state index is -3.17. The first-order valence-corrected chi connectivity index (χ1v) is 6.77. The van der Waals surface area contributed by atoms with Crippen molar-refractivity contribution in [3.05, 3.63) is 0 Å². The van der Waals surface area contributed by atoms with Crippen LogP contribution in [0.4, 0.5) is 0 Å². The lowest BCUT2D eigenvalue weighted by molar-refractivity contribution is 0.0977. The zero-order valence-electron chi connectivity index (χ0n) is 9.40. The molecule has 1 aliphatic rings. The lowest BCUT2D eigenvalue weighted by atomic mass is 10.2. The van der Waals surface area contributed by atoms with Crippen molar-refractivity contribution in [3.8, 4) is 0 Å². The van der Waals surface area contributed by atoms with Crippen LogP contribution in [0.5, 0.6) is 0 Å². The summed E-state index contributed by atoms with van der Waals surface area (Å²) in [6.45, 7) is 2.21. The van der Waals surface area contributed by atoms with Crippen LogP contribution in [0.15, 0.2) is 0 Å². The van der Waals surface area contributed by atoms with Gasteiger partial charge in [0.25, 0.3) is 0 Å². The maximum absolute atomic E-state index is 12.0. The van der Waals surface area contributed by atoms with Gasteiger partial charge in [-0.05, 0) is 19.9 Å². The van der Waals surface area contributed by atoms with Gasteiger partial charge in [0.15, 0.2) is 0 Å². The Morgan fingerprint density at radius 3 is 2.80 bits per heavy atom. The monoisotopic (exact) mass is 236 g/mol. The maximum Gasteiger partial charge on any atom is 0.219 e. The highest BCUT2D eigenvalue weighted by Gasteiger charge is 2.31. The van der Waals surface area contributed by atoms with Crippen molar-refractivity contribution in [2.75, 3.05) is 40.4 Å². The predicted molar refractivity (Wildman–Crippen MR) is 59.3 cm³/mol. The summed E-state index contributed by atoms with van der Waals surface area (Å²) < 4.78 is 30.6. The number of hydrogen-bond acceptors (Lipinski definition) is 4. The normalized spacial score (nSPS) is 23.3. The molecular weight excluding hydrogens is 216 g/mol. The maximum atomic E-state index is 12.0. The highest BCUT2D eigenvalue weighted by Crippen LogP contribution is 2.17. The number of sulfonamides is 1. The van der Waals surface area contributed by atoms with E-state index in [1.165, 1.54) is 4.31 Å². The van der Waals surface area contributed by atoms with Crippen molar-refractivity contribution in [2.24, 2.45) is 0 Å². The predicted octanol–water partition coefficient (Wildman–Crippen LogP) is -0.354. The molecule has 0 bridgehead atoms. The van der Waals surface area contributed by atoms with Crippen molar-refractivity contribution in [1.29, 1.82) is 0 Å². The van der Waals surface area contributed by atoms with E-state index >= 15 is 0 Å². The molecule has 1 unspecified atom stereocenters. The number of nitrogens with one attached hydrogen (secondary N) is 1. The van der Waals surface area contributed by atoms with Crippen molar-refractivity contribution in [1.82, 2.24) is 9.62 Å². The molecule has 0 spiro atoms. The molecule has 0 aromatic carbocycles. The van der Waals surface area contributed by atoms with Gasteiger partial charge in [0.1, 0.15) is 0 Å². The molecule has 0 aromatic heterocycles. The standard InChI is InChI=1S/C9H20N2O3S/c1-10-5-6-11(2)15(12,13)9-4-3-7-14-8-9/h9-10H,3-8H2,1-2H3. The zero-order chi connectivity index (χ0) is 11.3. The second-order valence-corrected chi connectivity index (χ2v) is 6.13. The second kappa shape index (κ2) is 5.79. The summed E-state index contributed by atoms with van der Waals surface area (Å²) >= 11 is 0. The van der Waals surface area contributed by atoms with E-state index in [2.05, 4.69) is 5.32 Å².